The number of benzene rings is 2. The third-order valence-corrected chi connectivity index (χ3v) is 4.28. The van der Waals surface area contributed by atoms with E-state index in [1.807, 2.05) is 49.4 Å². The van der Waals surface area contributed by atoms with Crippen LogP contribution in [0.1, 0.15) is 17.0 Å². The zero-order valence-electron chi connectivity index (χ0n) is 12.4. The van der Waals surface area contributed by atoms with Crippen LogP contribution >= 0.6 is 0 Å². The molecule has 0 radical (unpaired) electrons. The SMILES string of the molecule is Cc1nc2c(c(=O)n1-c1ccccc1)CCc1ccccc1-2. The summed E-state index contributed by atoms with van der Waals surface area (Å²) in [6.07, 6.45) is 1.66. The largest absolute Gasteiger partial charge is 0.269 e. The van der Waals surface area contributed by atoms with Gasteiger partial charge in [0.1, 0.15) is 5.82 Å². The van der Waals surface area contributed by atoms with Gasteiger partial charge in [-0.2, -0.15) is 0 Å². The number of fused-ring (bicyclic) bond motifs is 3. The van der Waals surface area contributed by atoms with E-state index >= 15 is 0 Å². The Morgan fingerprint density at radius 1 is 0.955 bits per heavy atom. The second-order valence-corrected chi connectivity index (χ2v) is 5.62. The Morgan fingerprint density at radius 3 is 2.50 bits per heavy atom. The van der Waals surface area contributed by atoms with Gasteiger partial charge in [0.15, 0.2) is 0 Å². The second-order valence-electron chi connectivity index (χ2n) is 5.62. The molecular formula is C19H16N2O. The number of aryl methyl sites for hydroxylation is 2. The molecule has 0 N–H and O–H groups in total. The Balaban J connectivity index is 2.00. The average Bonchev–Trinajstić information content (AvgIpc) is 2.56. The molecule has 4 rings (SSSR count). The fourth-order valence-corrected chi connectivity index (χ4v) is 3.22. The Morgan fingerprint density at radius 2 is 1.68 bits per heavy atom. The molecule has 1 heterocycles. The molecule has 3 aromatic rings. The van der Waals surface area contributed by atoms with Crippen molar-refractivity contribution in [3.05, 3.63) is 81.9 Å². The number of hydrogen-bond acceptors (Lipinski definition) is 2. The summed E-state index contributed by atoms with van der Waals surface area (Å²) in [5.41, 5.74) is 5.00. The van der Waals surface area contributed by atoms with E-state index in [1.54, 1.807) is 4.57 Å². The van der Waals surface area contributed by atoms with Gasteiger partial charge in [-0.25, -0.2) is 4.98 Å². The molecule has 3 heteroatoms. The smallest absolute Gasteiger partial charge is 0.261 e. The normalized spacial score (nSPS) is 12.6. The fourth-order valence-electron chi connectivity index (χ4n) is 3.22. The average molecular weight is 288 g/mol. The molecule has 3 nitrogen and oxygen atoms in total. The summed E-state index contributed by atoms with van der Waals surface area (Å²) in [5.74, 6) is 0.728. The van der Waals surface area contributed by atoms with Crippen molar-refractivity contribution >= 4 is 0 Å². The first kappa shape index (κ1) is 13.0. The maximum atomic E-state index is 13.0. The van der Waals surface area contributed by atoms with E-state index in [1.165, 1.54) is 5.56 Å². The number of aromatic nitrogens is 2. The zero-order valence-corrected chi connectivity index (χ0v) is 12.4. The molecule has 2 aromatic carbocycles. The van der Waals surface area contributed by atoms with E-state index in [0.717, 1.165) is 41.2 Å². The molecule has 1 aliphatic rings. The number of para-hydroxylation sites is 1. The zero-order chi connectivity index (χ0) is 15.1. The van der Waals surface area contributed by atoms with Crippen molar-refractivity contribution in [3.63, 3.8) is 0 Å². The molecule has 0 unspecified atom stereocenters. The van der Waals surface area contributed by atoms with Crippen LogP contribution in [0.4, 0.5) is 0 Å². The van der Waals surface area contributed by atoms with Crippen molar-refractivity contribution < 1.29 is 0 Å². The lowest BCUT2D eigenvalue weighted by Gasteiger charge is -2.21. The van der Waals surface area contributed by atoms with Crippen molar-refractivity contribution in [2.45, 2.75) is 19.8 Å². The van der Waals surface area contributed by atoms with Crippen LogP contribution < -0.4 is 5.56 Å². The molecular weight excluding hydrogens is 272 g/mol. The van der Waals surface area contributed by atoms with Crippen LogP contribution in [0.25, 0.3) is 16.9 Å². The van der Waals surface area contributed by atoms with Crippen LogP contribution in [-0.2, 0) is 12.8 Å². The van der Waals surface area contributed by atoms with Gasteiger partial charge in [0, 0.05) is 11.1 Å². The molecule has 0 fully saturated rings. The van der Waals surface area contributed by atoms with E-state index in [0.29, 0.717) is 0 Å². The van der Waals surface area contributed by atoms with E-state index in [2.05, 4.69) is 12.1 Å². The highest BCUT2D eigenvalue weighted by Crippen LogP contribution is 2.30. The minimum atomic E-state index is 0.0585. The van der Waals surface area contributed by atoms with Crippen LogP contribution in [0, 0.1) is 6.92 Å². The topological polar surface area (TPSA) is 34.9 Å². The molecule has 0 aliphatic heterocycles. The summed E-state index contributed by atoms with van der Waals surface area (Å²) in [6.45, 7) is 1.89. The van der Waals surface area contributed by atoms with Crippen LogP contribution in [0.3, 0.4) is 0 Å². The highest BCUT2D eigenvalue weighted by atomic mass is 16.1. The van der Waals surface area contributed by atoms with Gasteiger partial charge in [-0.3, -0.25) is 9.36 Å². The molecule has 0 bridgehead atoms. The molecule has 1 aliphatic carbocycles. The van der Waals surface area contributed by atoms with Crippen molar-refractivity contribution in [2.75, 3.05) is 0 Å². The van der Waals surface area contributed by atoms with Crippen molar-refractivity contribution in [1.82, 2.24) is 9.55 Å². The molecule has 0 saturated heterocycles. The van der Waals surface area contributed by atoms with E-state index in [4.69, 9.17) is 4.98 Å². The van der Waals surface area contributed by atoms with Gasteiger partial charge in [-0.15, -0.1) is 0 Å². The van der Waals surface area contributed by atoms with Crippen molar-refractivity contribution in [2.24, 2.45) is 0 Å². The molecule has 1 aromatic heterocycles. The van der Waals surface area contributed by atoms with Crippen LogP contribution in [0.5, 0.6) is 0 Å². The first-order valence-corrected chi connectivity index (χ1v) is 7.52. The van der Waals surface area contributed by atoms with Crippen molar-refractivity contribution in [3.8, 4) is 16.9 Å². The summed E-state index contributed by atoms with van der Waals surface area (Å²) < 4.78 is 1.72. The third-order valence-electron chi connectivity index (χ3n) is 4.28. The van der Waals surface area contributed by atoms with Crippen LogP contribution in [-0.4, -0.2) is 9.55 Å². The standard InChI is InChI=1S/C19H16N2O/c1-13-20-18-16-10-6-5-7-14(16)11-12-17(18)19(22)21(13)15-8-3-2-4-9-15/h2-10H,11-12H2,1H3. The van der Waals surface area contributed by atoms with Gasteiger partial charge in [-0.05, 0) is 37.5 Å². The molecule has 0 saturated carbocycles. The van der Waals surface area contributed by atoms with Crippen LogP contribution in [0.15, 0.2) is 59.4 Å². The first-order chi connectivity index (χ1) is 10.8. The van der Waals surface area contributed by atoms with E-state index < -0.39 is 0 Å². The maximum Gasteiger partial charge on any atom is 0.261 e. The number of nitrogens with zero attached hydrogens (tertiary/aromatic N) is 2. The summed E-state index contributed by atoms with van der Waals surface area (Å²) in [5, 5.41) is 0. The van der Waals surface area contributed by atoms with Gasteiger partial charge in [0.05, 0.1) is 11.4 Å². The first-order valence-electron chi connectivity index (χ1n) is 7.52. The quantitative estimate of drug-likeness (QED) is 0.688. The third kappa shape index (κ3) is 1.90. The summed E-state index contributed by atoms with van der Waals surface area (Å²) in [4.78, 5) is 17.7. The summed E-state index contributed by atoms with van der Waals surface area (Å²) >= 11 is 0. The molecule has 0 atom stereocenters. The number of rotatable bonds is 1. The van der Waals surface area contributed by atoms with E-state index in [9.17, 15) is 4.79 Å². The van der Waals surface area contributed by atoms with Crippen LogP contribution in [0.2, 0.25) is 0 Å². The Labute approximate surface area is 128 Å². The van der Waals surface area contributed by atoms with Gasteiger partial charge >= 0.3 is 0 Å². The molecule has 108 valence electrons. The Hall–Kier alpha value is -2.68. The lowest BCUT2D eigenvalue weighted by molar-refractivity contribution is 0.810. The molecule has 22 heavy (non-hydrogen) atoms. The summed E-state index contributed by atoms with van der Waals surface area (Å²) in [6, 6.07) is 18.0. The molecule has 0 amide bonds. The second kappa shape index (κ2) is 4.95. The monoisotopic (exact) mass is 288 g/mol. The minimum Gasteiger partial charge on any atom is -0.269 e. The highest BCUT2D eigenvalue weighted by Gasteiger charge is 2.22. The summed E-state index contributed by atoms with van der Waals surface area (Å²) in [7, 11) is 0. The van der Waals surface area contributed by atoms with Gasteiger partial charge in [-0.1, -0.05) is 42.5 Å². The Kier molecular flexibility index (Phi) is 2.93. The highest BCUT2D eigenvalue weighted by molar-refractivity contribution is 5.69. The maximum absolute atomic E-state index is 13.0. The van der Waals surface area contributed by atoms with Gasteiger partial charge in [0.2, 0.25) is 0 Å². The minimum absolute atomic E-state index is 0.0585. The van der Waals surface area contributed by atoms with Gasteiger partial charge < -0.3 is 0 Å². The van der Waals surface area contributed by atoms with Crippen molar-refractivity contribution in [1.29, 1.82) is 0 Å². The lowest BCUT2D eigenvalue weighted by Crippen LogP contribution is -2.28. The van der Waals surface area contributed by atoms with Gasteiger partial charge in [0.25, 0.3) is 5.56 Å². The van der Waals surface area contributed by atoms with E-state index in [-0.39, 0.29) is 5.56 Å². The lowest BCUT2D eigenvalue weighted by atomic mass is 9.89. The predicted molar refractivity (Wildman–Crippen MR) is 87.4 cm³/mol. The molecule has 0 spiro atoms. The Bertz CT molecular complexity index is 910. The predicted octanol–water partition coefficient (Wildman–Crippen LogP) is 3.31. The fraction of sp³-hybridized carbons (Fsp3) is 0.158. The number of hydrogen-bond donors (Lipinski definition) is 0.